The second-order valence-corrected chi connectivity index (χ2v) is 5.12. The fraction of sp³-hybridized carbons (Fsp3) is 0.375. The monoisotopic (exact) mass is 288 g/mol. The number of nitrogens with one attached hydrogen (secondary N) is 1. The maximum absolute atomic E-state index is 13.5. The lowest BCUT2D eigenvalue weighted by Gasteiger charge is -2.20. The third-order valence-electron chi connectivity index (χ3n) is 3.64. The van der Waals surface area contributed by atoms with Gasteiger partial charge in [-0.3, -0.25) is 4.79 Å². The summed E-state index contributed by atoms with van der Waals surface area (Å²) in [4.78, 5) is 11.9. The molecule has 4 nitrogen and oxygen atoms in total. The fourth-order valence-corrected chi connectivity index (χ4v) is 2.48. The summed E-state index contributed by atoms with van der Waals surface area (Å²) < 4.78 is 18.3. The summed E-state index contributed by atoms with van der Waals surface area (Å²) in [5.41, 5.74) is -0.187. The standard InChI is InChI=1S/C16H17FN2O2/c1-21-14-6-4-12(10-13(14)17)5-7-15(20)19-16(11-18)8-2-3-9-16/h4-7,10H,2-3,8-9H2,1H3,(H,19,20). The molecule has 2 rings (SSSR count). The van der Waals surface area contributed by atoms with E-state index in [0.29, 0.717) is 18.4 Å². The molecular formula is C16H17FN2O2. The topological polar surface area (TPSA) is 62.1 Å². The zero-order valence-electron chi connectivity index (χ0n) is 11.9. The normalized spacial score (nSPS) is 16.6. The number of nitrogens with zero attached hydrogens (tertiary/aromatic N) is 1. The Morgan fingerprint density at radius 2 is 2.19 bits per heavy atom. The van der Waals surface area contributed by atoms with Gasteiger partial charge < -0.3 is 10.1 Å². The molecule has 1 aliphatic carbocycles. The second kappa shape index (κ2) is 6.40. The van der Waals surface area contributed by atoms with Crippen LogP contribution in [0.1, 0.15) is 31.2 Å². The number of hydrogen-bond donors (Lipinski definition) is 1. The first-order chi connectivity index (χ1) is 10.1. The molecule has 0 saturated heterocycles. The van der Waals surface area contributed by atoms with Crippen molar-refractivity contribution in [1.82, 2.24) is 5.32 Å². The van der Waals surface area contributed by atoms with Crippen LogP contribution in [0.5, 0.6) is 5.75 Å². The van der Waals surface area contributed by atoms with Crippen LogP contribution < -0.4 is 10.1 Å². The van der Waals surface area contributed by atoms with E-state index in [9.17, 15) is 14.4 Å². The molecule has 1 amide bonds. The lowest BCUT2D eigenvalue weighted by Crippen LogP contribution is -2.44. The van der Waals surface area contributed by atoms with Crippen LogP contribution in [0.3, 0.4) is 0 Å². The molecule has 0 unspecified atom stereocenters. The quantitative estimate of drug-likeness (QED) is 0.867. The van der Waals surface area contributed by atoms with Crippen molar-refractivity contribution in [3.8, 4) is 11.8 Å². The van der Waals surface area contributed by atoms with E-state index in [0.717, 1.165) is 12.8 Å². The highest BCUT2D eigenvalue weighted by Gasteiger charge is 2.34. The number of nitriles is 1. The van der Waals surface area contributed by atoms with Gasteiger partial charge in [0.15, 0.2) is 11.6 Å². The van der Waals surface area contributed by atoms with Gasteiger partial charge in [-0.25, -0.2) is 4.39 Å². The van der Waals surface area contributed by atoms with Crippen LogP contribution in [0.15, 0.2) is 24.3 Å². The molecular weight excluding hydrogens is 271 g/mol. The molecule has 0 spiro atoms. The summed E-state index contributed by atoms with van der Waals surface area (Å²) in [5, 5.41) is 11.9. The number of rotatable bonds is 4. The zero-order valence-corrected chi connectivity index (χ0v) is 11.9. The fourth-order valence-electron chi connectivity index (χ4n) is 2.48. The molecule has 0 aliphatic heterocycles. The van der Waals surface area contributed by atoms with Gasteiger partial charge in [-0.15, -0.1) is 0 Å². The molecule has 1 aromatic rings. The van der Waals surface area contributed by atoms with Crippen LogP contribution in [0, 0.1) is 17.1 Å². The summed E-state index contributed by atoms with van der Waals surface area (Å²) in [6.07, 6.45) is 6.08. The van der Waals surface area contributed by atoms with E-state index in [4.69, 9.17) is 4.74 Å². The molecule has 21 heavy (non-hydrogen) atoms. The minimum absolute atomic E-state index is 0.158. The van der Waals surface area contributed by atoms with Gasteiger partial charge in [0.2, 0.25) is 5.91 Å². The molecule has 5 heteroatoms. The summed E-state index contributed by atoms with van der Waals surface area (Å²) in [7, 11) is 1.39. The summed E-state index contributed by atoms with van der Waals surface area (Å²) in [5.74, 6) is -0.662. The summed E-state index contributed by atoms with van der Waals surface area (Å²) >= 11 is 0. The Labute approximate surface area is 123 Å². The number of carbonyl (C=O) groups is 1. The smallest absolute Gasteiger partial charge is 0.245 e. The van der Waals surface area contributed by atoms with Crippen LogP contribution >= 0.6 is 0 Å². The van der Waals surface area contributed by atoms with Gasteiger partial charge in [-0.1, -0.05) is 6.07 Å². The third-order valence-corrected chi connectivity index (χ3v) is 3.64. The molecule has 0 aromatic heterocycles. The van der Waals surface area contributed by atoms with Crippen molar-refractivity contribution in [3.63, 3.8) is 0 Å². The SMILES string of the molecule is COc1ccc(C=CC(=O)NC2(C#N)CCCC2)cc1F. The predicted octanol–water partition coefficient (Wildman–Crippen LogP) is 2.80. The van der Waals surface area contributed by atoms with Crippen molar-refractivity contribution in [3.05, 3.63) is 35.7 Å². The maximum atomic E-state index is 13.5. The minimum atomic E-state index is -0.743. The maximum Gasteiger partial charge on any atom is 0.245 e. The van der Waals surface area contributed by atoms with E-state index >= 15 is 0 Å². The molecule has 0 atom stereocenters. The predicted molar refractivity (Wildman–Crippen MR) is 76.9 cm³/mol. The first-order valence-corrected chi connectivity index (χ1v) is 6.83. The Morgan fingerprint density at radius 1 is 1.48 bits per heavy atom. The van der Waals surface area contributed by atoms with Crippen molar-refractivity contribution >= 4 is 12.0 Å². The molecule has 0 bridgehead atoms. The van der Waals surface area contributed by atoms with Crippen molar-refractivity contribution in [2.24, 2.45) is 0 Å². The van der Waals surface area contributed by atoms with Gasteiger partial charge >= 0.3 is 0 Å². The van der Waals surface area contributed by atoms with Crippen molar-refractivity contribution in [2.45, 2.75) is 31.2 Å². The second-order valence-electron chi connectivity index (χ2n) is 5.12. The van der Waals surface area contributed by atoms with Gasteiger partial charge in [-0.05, 0) is 49.5 Å². The van der Waals surface area contributed by atoms with Crippen molar-refractivity contribution < 1.29 is 13.9 Å². The molecule has 1 N–H and O–H groups in total. The first kappa shape index (κ1) is 15.0. The Morgan fingerprint density at radius 3 is 2.76 bits per heavy atom. The number of methoxy groups -OCH3 is 1. The van der Waals surface area contributed by atoms with E-state index in [1.807, 2.05) is 0 Å². The van der Waals surface area contributed by atoms with Gasteiger partial charge in [0.1, 0.15) is 5.54 Å². The third kappa shape index (κ3) is 3.60. The average molecular weight is 288 g/mol. The van der Waals surface area contributed by atoms with Gasteiger partial charge in [-0.2, -0.15) is 5.26 Å². The Kier molecular flexibility index (Phi) is 4.59. The Balaban J connectivity index is 2.02. The molecule has 0 radical (unpaired) electrons. The Bertz CT molecular complexity index is 599. The number of carbonyl (C=O) groups excluding carboxylic acids is 1. The zero-order chi connectivity index (χ0) is 15.3. The van der Waals surface area contributed by atoms with Gasteiger partial charge in [0, 0.05) is 6.08 Å². The number of benzene rings is 1. The van der Waals surface area contributed by atoms with Gasteiger partial charge in [0.05, 0.1) is 13.2 Å². The summed E-state index contributed by atoms with van der Waals surface area (Å²) in [6.45, 7) is 0. The van der Waals surface area contributed by atoms with E-state index in [-0.39, 0.29) is 11.7 Å². The molecule has 1 saturated carbocycles. The average Bonchev–Trinajstić information content (AvgIpc) is 2.94. The molecule has 1 aromatic carbocycles. The highest BCUT2D eigenvalue weighted by Crippen LogP contribution is 2.28. The number of ether oxygens (including phenoxy) is 1. The van der Waals surface area contributed by atoms with Crippen molar-refractivity contribution in [1.29, 1.82) is 5.26 Å². The highest BCUT2D eigenvalue weighted by molar-refractivity contribution is 5.92. The van der Waals surface area contributed by atoms with Crippen LogP contribution in [0.25, 0.3) is 6.08 Å². The van der Waals surface area contributed by atoms with Crippen LogP contribution in [-0.4, -0.2) is 18.6 Å². The molecule has 1 fully saturated rings. The first-order valence-electron chi connectivity index (χ1n) is 6.83. The lowest BCUT2D eigenvalue weighted by atomic mass is 10.00. The number of amides is 1. The van der Waals surface area contributed by atoms with E-state index < -0.39 is 11.4 Å². The van der Waals surface area contributed by atoms with Crippen molar-refractivity contribution in [2.75, 3.05) is 7.11 Å². The van der Waals surface area contributed by atoms with Crippen LogP contribution in [-0.2, 0) is 4.79 Å². The number of hydrogen-bond acceptors (Lipinski definition) is 3. The Hall–Kier alpha value is -2.35. The van der Waals surface area contributed by atoms with Crippen LogP contribution in [0.2, 0.25) is 0 Å². The summed E-state index contributed by atoms with van der Waals surface area (Å²) in [6, 6.07) is 6.63. The van der Waals surface area contributed by atoms with E-state index in [1.165, 1.54) is 31.4 Å². The largest absolute Gasteiger partial charge is 0.494 e. The van der Waals surface area contributed by atoms with E-state index in [1.54, 1.807) is 6.07 Å². The van der Waals surface area contributed by atoms with Crippen LogP contribution in [0.4, 0.5) is 4.39 Å². The molecule has 0 heterocycles. The highest BCUT2D eigenvalue weighted by atomic mass is 19.1. The van der Waals surface area contributed by atoms with Gasteiger partial charge in [0.25, 0.3) is 0 Å². The minimum Gasteiger partial charge on any atom is -0.494 e. The van der Waals surface area contributed by atoms with E-state index in [2.05, 4.69) is 11.4 Å². The lowest BCUT2D eigenvalue weighted by molar-refractivity contribution is -0.117. The number of halogens is 1. The molecule has 110 valence electrons. The molecule has 1 aliphatic rings.